The van der Waals surface area contributed by atoms with Crippen molar-refractivity contribution < 1.29 is 47.6 Å². The van der Waals surface area contributed by atoms with Crippen molar-refractivity contribution >= 4 is 30.0 Å². The molecule has 0 atom stereocenters. The quantitative estimate of drug-likeness (QED) is 0.0165. The molecular formula is C44H36O10. The summed E-state index contributed by atoms with van der Waals surface area (Å²) in [6, 6.07) is 25.4. The van der Waals surface area contributed by atoms with Crippen molar-refractivity contribution in [3.05, 3.63) is 158 Å². The largest absolute Gasteiger partial charge is 0.490 e. The van der Waals surface area contributed by atoms with Crippen LogP contribution in [0, 0.1) is 11.8 Å². The molecule has 10 heteroatoms. The van der Waals surface area contributed by atoms with Gasteiger partial charge in [0, 0.05) is 34.9 Å². The van der Waals surface area contributed by atoms with Gasteiger partial charge in [-0.2, -0.15) is 0 Å². The van der Waals surface area contributed by atoms with Crippen LogP contribution in [0.2, 0.25) is 0 Å². The van der Waals surface area contributed by atoms with Gasteiger partial charge in [0.2, 0.25) is 6.79 Å². The topological polar surface area (TPSA) is 124 Å². The fourth-order valence-corrected chi connectivity index (χ4v) is 4.58. The molecule has 0 aromatic heterocycles. The summed E-state index contributed by atoms with van der Waals surface area (Å²) < 4.78 is 31.8. The van der Waals surface area contributed by atoms with Crippen LogP contribution in [-0.4, -0.2) is 43.9 Å². The Morgan fingerprint density at radius 3 is 1.87 bits per heavy atom. The van der Waals surface area contributed by atoms with Gasteiger partial charge in [0.25, 0.3) is 0 Å². The lowest BCUT2D eigenvalue weighted by atomic mass is 9.94. The molecule has 0 aliphatic heterocycles. The molecule has 0 bridgehead atoms. The van der Waals surface area contributed by atoms with E-state index in [1.807, 2.05) is 54.6 Å². The third kappa shape index (κ3) is 11.6. The lowest BCUT2D eigenvalue weighted by molar-refractivity contribution is -0.145. The van der Waals surface area contributed by atoms with Crippen LogP contribution in [0.25, 0.3) is 28.3 Å². The van der Waals surface area contributed by atoms with E-state index in [4.69, 9.17) is 28.4 Å². The molecule has 0 saturated carbocycles. The third-order valence-corrected chi connectivity index (χ3v) is 7.26. The van der Waals surface area contributed by atoms with Gasteiger partial charge in [-0.3, -0.25) is 0 Å². The van der Waals surface area contributed by atoms with E-state index in [2.05, 4.69) is 38.2 Å². The van der Waals surface area contributed by atoms with Gasteiger partial charge in [-0.05, 0) is 77.7 Å². The smallest absolute Gasteiger partial charge is 0.335 e. The average Bonchev–Trinajstić information content (AvgIpc) is 3.19. The summed E-state index contributed by atoms with van der Waals surface area (Å²) in [7, 11) is 0. The fourth-order valence-electron chi connectivity index (χ4n) is 4.58. The summed E-state index contributed by atoms with van der Waals surface area (Å²) in [5.41, 5.74) is 4.93. The molecule has 4 aromatic carbocycles. The van der Waals surface area contributed by atoms with E-state index in [9.17, 15) is 19.2 Å². The summed E-state index contributed by atoms with van der Waals surface area (Å²) in [6.07, 6.45) is 5.83. The number of benzene rings is 4. The zero-order valence-corrected chi connectivity index (χ0v) is 29.5. The normalized spacial score (nSPS) is 10.2. The first-order valence-electron chi connectivity index (χ1n) is 16.3. The predicted molar refractivity (Wildman–Crippen MR) is 204 cm³/mol. The van der Waals surface area contributed by atoms with Crippen molar-refractivity contribution in [2.24, 2.45) is 0 Å². The van der Waals surface area contributed by atoms with E-state index in [-0.39, 0.29) is 31.3 Å². The second-order valence-electron chi connectivity index (χ2n) is 11.0. The second kappa shape index (κ2) is 19.9. The highest BCUT2D eigenvalue weighted by Gasteiger charge is 2.17. The van der Waals surface area contributed by atoms with E-state index in [1.165, 1.54) is 12.3 Å². The van der Waals surface area contributed by atoms with Gasteiger partial charge in [0.1, 0.15) is 24.7 Å². The van der Waals surface area contributed by atoms with Crippen LogP contribution in [0.1, 0.15) is 23.6 Å². The summed E-state index contributed by atoms with van der Waals surface area (Å²) in [5.74, 6) is 4.85. The summed E-state index contributed by atoms with van der Waals surface area (Å²) in [4.78, 5) is 47.2. The zero-order chi connectivity index (χ0) is 38.9. The van der Waals surface area contributed by atoms with E-state index in [0.29, 0.717) is 33.8 Å². The maximum absolute atomic E-state index is 12.6. The molecular weight excluding hydrogens is 688 g/mol. The standard InChI is InChI=1S/C44H36O10/c1-6-40(45)50-26-25-39-38(34-15-13-32(14-16-34)33-17-22-36(23-18-33)49-27-28-51-41(46)7-2)24-19-35(43(39)54-42(47)8-3)12-9-31-10-20-37(21-11-31)52-29-53-44(48)30(4)5/h6-8,10-11,13-26H,1-4,27-29H2,5H3. The van der Waals surface area contributed by atoms with Gasteiger partial charge in [-0.1, -0.05) is 80.6 Å². The molecule has 0 amide bonds. The van der Waals surface area contributed by atoms with Crippen molar-refractivity contribution in [1.29, 1.82) is 0 Å². The maximum atomic E-state index is 12.6. The summed E-state index contributed by atoms with van der Waals surface area (Å²) in [5, 5.41) is 0. The number of hydrogen-bond donors (Lipinski definition) is 0. The highest BCUT2D eigenvalue weighted by Crippen LogP contribution is 2.36. The number of carbonyl (C=O) groups is 4. The molecule has 272 valence electrons. The van der Waals surface area contributed by atoms with Gasteiger partial charge in [0.05, 0.1) is 11.8 Å². The number of carbonyl (C=O) groups excluding carboxylic acids is 4. The number of rotatable bonds is 16. The van der Waals surface area contributed by atoms with E-state index in [1.54, 1.807) is 37.3 Å². The highest BCUT2D eigenvalue weighted by molar-refractivity contribution is 5.89. The number of esters is 4. The Balaban J connectivity index is 1.63. The van der Waals surface area contributed by atoms with Crippen molar-refractivity contribution in [2.75, 3.05) is 20.0 Å². The first kappa shape index (κ1) is 39.4. The summed E-state index contributed by atoms with van der Waals surface area (Å²) in [6.45, 7) is 15.4. The molecule has 0 aliphatic rings. The monoisotopic (exact) mass is 724 g/mol. The second-order valence-corrected chi connectivity index (χ2v) is 11.0. The Morgan fingerprint density at radius 1 is 0.648 bits per heavy atom. The highest BCUT2D eigenvalue weighted by atomic mass is 16.7. The van der Waals surface area contributed by atoms with Crippen molar-refractivity contribution in [3.63, 3.8) is 0 Å². The molecule has 0 fully saturated rings. The van der Waals surface area contributed by atoms with Crippen molar-refractivity contribution in [3.8, 4) is 51.3 Å². The molecule has 54 heavy (non-hydrogen) atoms. The van der Waals surface area contributed by atoms with Gasteiger partial charge in [-0.25, -0.2) is 19.2 Å². The lowest BCUT2D eigenvalue weighted by Gasteiger charge is -2.15. The molecule has 0 aliphatic carbocycles. The molecule has 0 spiro atoms. The maximum Gasteiger partial charge on any atom is 0.335 e. The fraction of sp³-hybridized carbons (Fsp3) is 0.0909. The van der Waals surface area contributed by atoms with Gasteiger partial charge < -0.3 is 28.4 Å². The molecule has 0 N–H and O–H groups in total. The molecule has 0 saturated heterocycles. The van der Waals surface area contributed by atoms with E-state index >= 15 is 0 Å². The van der Waals surface area contributed by atoms with Gasteiger partial charge in [-0.15, -0.1) is 0 Å². The van der Waals surface area contributed by atoms with Crippen LogP contribution in [-0.2, 0) is 33.4 Å². The molecule has 0 heterocycles. The minimum atomic E-state index is -0.720. The minimum absolute atomic E-state index is 0.104. The molecule has 4 aromatic rings. The van der Waals surface area contributed by atoms with Crippen LogP contribution in [0.5, 0.6) is 17.2 Å². The number of hydrogen-bond acceptors (Lipinski definition) is 10. The van der Waals surface area contributed by atoms with Crippen LogP contribution >= 0.6 is 0 Å². The van der Waals surface area contributed by atoms with Crippen LogP contribution in [0.4, 0.5) is 0 Å². The summed E-state index contributed by atoms with van der Waals surface area (Å²) >= 11 is 0. The zero-order valence-electron chi connectivity index (χ0n) is 29.5. The third-order valence-electron chi connectivity index (χ3n) is 7.26. The lowest BCUT2D eigenvalue weighted by Crippen LogP contribution is -2.10. The Bertz CT molecular complexity index is 2130. The molecule has 0 radical (unpaired) electrons. The van der Waals surface area contributed by atoms with Crippen LogP contribution in [0.3, 0.4) is 0 Å². The average molecular weight is 725 g/mol. The Kier molecular flexibility index (Phi) is 14.5. The number of ether oxygens (including phenoxy) is 6. The molecule has 0 unspecified atom stereocenters. The Morgan fingerprint density at radius 2 is 1.24 bits per heavy atom. The van der Waals surface area contributed by atoms with Gasteiger partial charge in [0.15, 0.2) is 5.75 Å². The van der Waals surface area contributed by atoms with Crippen LogP contribution < -0.4 is 14.2 Å². The minimum Gasteiger partial charge on any atom is -0.490 e. The van der Waals surface area contributed by atoms with Crippen molar-refractivity contribution in [2.45, 2.75) is 6.92 Å². The Labute approximate surface area is 313 Å². The van der Waals surface area contributed by atoms with Crippen LogP contribution in [0.15, 0.2) is 141 Å². The SMILES string of the molecule is C=CC(=O)OC=Cc1c(-c2ccc(-c3ccc(OCCOC(=O)C=C)cc3)cc2)ccc(C#Cc2ccc(OCOC(=O)C(=C)C)cc2)c1OC(=O)C=C. The van der Waals surface area contributed by atoms with Gasteiger partial charge >= 0.3 is 23.9 Å². The molecule has 10 nitrogen and oxygen atoms in total. The first-order valence-corrected chi connectivity index (χ1v) is 16.3. The van der Waals surface area contributed by atoms with E-state index < -0.39 is 23.9 Å². The van der Waals surface area contributed by atoms with Crippen molar-refractivity contribution in [1.82, 2.24) is 0 Å². The Hall–Kier alpha value is -7.38. The first-order chi connectivity index (χ1) is 26.1. The van der Waals surface area contributed by atoms with E-state index in [0.717, 1.165) is 34.9 Å². The molecule has 4 rings (SSSR count). The predicted octanol–water partition coefficient (Wildman–Crippen LogP) is 7.78.